The van der Waals surface area contributed by atoms with E-state index in [1.54, 1.807) is 0 Å². The van der Waals surface area contributed by atoms with E-state index in [4.69, 9.17) is 0 Å². The Bertz CT molecular complexity index is 134. The van der Waals surface area contributed by atoms with Gasteiger partial charge in [0.1, 0.15) is 0 Å². The average molecular weight is 197 g/mol. The summed E-state index contributed by atoms with van der Waals surface area (Å²) < 4.78 is 81.0. The fourth-order valence-electron chi connectivity index (χ4n) is 0.397. The molecule has 0 aliphatic heterocycles. The molecule has 0 rings (SSSR count). The second kappa shape index (κ2) is 3.95. The zero-order valence-electron chi connectivity index (χ0n) is 5.46. The molecular formula is C5H4F7. The molecule has 0 heterocycles. The number of hydrogen-bond acceptors (Lipinski definition) is 0. The first-order chi connectivity index (χ1) is 5.34. The van der Waals surface area contributed by atoms with Crippen molar-refractivity contribution in [2.24, 2.45) is 0 Å². The van der Waals surface area contributed by atoms with Gasteiger partial charge in [0.05, 0.1) is 0 Å². The van der Waals surface area contributed by atoms with Gasteiger partial charge in [0, 0.05) is 0 Å². The van der Waals surface area contributed by atoms with Gasteiger partial charge in [-0.3, -0.25) is 0 Å². The third kappa shape index (κ3) is 2.25. The summed E-state index contributed by atoms with van der Waals surface area (Å²) in [6.45, 7) is -1.04. The molecule has 7 heteroatoms. The van der Waals surface area contributed by atoms with Crippen molar-refractivity contribution in [3.8, 4) is 0 Å². The molecule has 2 unspecified atom stereocenters. The zero-order valence-corrected chi connectivity index (χ0v) is 5.46. The molecule has 12 heavy (non-hydrogen) atoms. The summed E-state index contributed by atoms with van der Waals surface area (Å²) >= 11 is 0. The van der Waals surface area contributed by atoms with E-state index in [0.717, 1.165) is 0 Å². The molecule has 0 aromatic carbocycles. The number of hydrogen-bond donors (Lipinski definition) is 0. The predicted molar refractivity (Wildman–Crippen MR) is 26.2 cm³/mol. The van der Waals surface area contributed by atoms with E-state index in [1.165, 1.54) is 0 Å². The highest BCUT2D eigenvalue weighted by atomic mass is 19.3. The van der Waals surface area contributed by atoms with Crippen LogP contribution in [-0.4, -0.2) is 24.7 Å². The fraction of sp³-hybridized carbons (Fsp3) is 0.800. The van der Waals surface area contributed by atoms with Crippen molar-refractivity contribution in [2.75, 3.05) is 0 Å². The Labute approximate surface area is 63.4 Å². The van der Waals surface area contributed by atoms with Crippen molar-refractivity contribution in [1.82, 2.24) is 0 Å². The molecule has 0 aromatic heterocycles. The maximum absolute atomic E-state index is 11.9. The summed E-state index contributed by atoms with van der Waals surface area (Å²) in [5.74, 6) is -5.16. The molecule has 0 spiro atoms. The summed E-state index contributed by atoms with van der Waals surface area (Å²) in [5.41, 5.74) is 0. The summed E-state index contributed by atoms with van der Waals surface area (Å²) in [4.78, 5) is 0. The van der Waals surface area contributed by atoms with E-state index in [0.29, 0.717) is 0 Å². The van der Waals surface area contributed by atoms with Crippen LogP contribution < -0.4 is 0 Å². The Kier molecular flexibility index (Phi) is 3.79. The van der Waals surface area contributed by atoms with Crippen molar-refractivity contribution < 1.29 is 30.7 Å². The Morgan fingerprint density at radius 3 is 1.67 bits per heavy atom. The van der Waals surface area contributed by atoms with E-state index < -0.39 is 31.4 Å². The SMILES string of the molecule is F[CH]C(F)C(F)C(F)(F)C(F)F. The Balaban J connectivity index is 4.34. The first kappa shape index (κ1) is 11.5. The zero-order chi connectivity index (χ0) is 9.94. The van der Waals surface area contributed by atoms with Crippen LogP contribution in [0.5, 0.6) is 0 Å². The molecule has 0 N–H and O–H groups in total. The summed E-state index contributed by atoms with van der Waals surface area (Å²) in [7, 11) is 0. The van der Waals surface area contributed by atoms with Gasteiger partial charge in [-0.25, -0.2) is 22.0 Å². The van der Waals surface area contributed by atoms with E-state index in [-0.39, 0.29) is 0 Å². The first-order valence-electron chi connectivity index (χ1n) is 2.71. The van der Waals surface area contributed by atoms with Crippen LogP contribution in [0.1, 0.15) is 0 Å². The summed E-state index contributed by atoms with van der Waals surface area (Å²) in [6.07, 6.45) is -11.6. The van der Waals surface area contributed by atoms with Crippen LogP contribution in [0.4, 0.5) is 30.7 Å². The molecule has 0 saturated carbocycles. The lowest BCUT2D eigenvalue weighted by Crippen LogP contribution is -2.43. The molecular weight excluding hydrogens is 193 g/mol. The van der Waals surface area contributed by atoms with Gasteiger partial charge in [-0.15, -0.1) is 0 Å². The minimum absolute atomic E-state index is 1.04. The number of rotatable bonds is 4. The smallest absolute Gasteiger partial charge is 0.241 e. The molecule has 2 atom stereocenters. The van der Waals surface area contributed by atoms with Crippen LogP contribution in [0.2, 0.25) is 0 Å². The lowest BCUT2D eigenvalue weighted by atomic mass is 10.1. The van der Waals surface area contributed by atoms with Gasteiger partial charge in [0.15, 0.2) is 12.8 Å². The van der Waals surface area contributed by atoms with E-state index >= 15 is 0 Å². The van der Waals surface area contributed by atoms with Crippen molar-refractivity contribution in [2.45, 2.75) is 24.7 Å². The summed E-state index contributed by atoms with van der Waals surface area (Å²) in [5, 5.41) is 0. The van der Waals surface area contributed by atoms with Crippen LogP contribution in [0.3, 0.4) is 0 Å². The van der Waals surface area contributed by atoms with E-state index in [9.17, 15) is 30.7 Å². The van der Waals surface area contributed by atoms with E-state index in [2.05, 4.69) is 0 Å². The van der Waals surface area contributed by atoms with Crippen LogP contribution in [0.15, 0.2) is 0 Å². The minimum atomic E-state index is -5.16. The first-order valence-corrected chi connectivity index (χ1v) is 2.71. The van der Waals surface area contributed by atoms with Gasteiger partial charge in [0.2, 0.25) is 6.17 Å². The van der Waals surface area contributed by atoms with Gasteiger partial charge in [0.25, 0.3) is 0 Å². The molecule has 0 aromatic rings. The normalized spacial score (nSPS) is 18.0. The molecule has 0 saturated heterocycles. The topological polar surface area (TPSA) is 0 Å². The van der Waals surface area contributed by atoms with Crippen LogP contribution in [-0.2, 0) is 0 Å². The quantitative estimate of drug-likeness (QED) is 0.608. The monoisotopic (exact) mass is 197 g/mol. The van der Waals surface area contributed by atoms with Crippen LogP contribution in [0, 0.1) is 6.67 Å². The highest BCUT2D eigenvalue weighted by Crippen LogP contribution is 2.32. The third-order valence-electron chi connectivity index (χ3n) is 1.06. The van der Waals surface area contributed by atoms with Gasteiger partial charge < -0.3 is 0 Å². The maximum atomic E-state index is 11.9. The van der Waals surface area contributed by atoms with Gasteiger partial charge in [-0.05, 0) is 0 Å². The lowest BCUT2D eigenvalue weighted by molar-refractivity contribution is -0.183. The third-order valence-corrected chi connectivity index (χ3v) is 1.06. The van der Waals surface area contributed by atoms with Crippen molar-refractivity contribution in [3.05, 3.63) is 6.67 Å². The molecule has 73 valence electrons. The second-order valence-electron chi connectivity index (χ2n) is 1.95. The van der Waals surface area contributed by atoms with Crippen LogP contribution >= 0.6 is 0 Å². The standard InChI is InChI=1S/C5H4F7/c6-1-2(7)3(8)5(11,12)4(9)10/h1-4H. The molecule has 0 nitrogen and oxygen atoms in total. The minimum Gasteiger partial charge on any atom is -0.241 e. The van der Waals surface area contributed by atoms with Crippen molar-refractivity contribution >= 4 is 0 Å². The second-order valence-corrected chi connectivity index (χ2v) is 1.95. The van der Waals surface area contributed by atoms with Gasteiger partial charge in [-0.1, -0.05) is 0 Å². The number of alkyl halides is 6. The summed E-state index contributed by atoms with van der Waals surface area (Å²) in [6, 6.07) is 0. The van der Waals surface area contributed by atoms with Crippen molar-refractivity contribution in [1.29, 1.82) is 0 Å². The highest BCUT2D eigenvalue weighted by Gasteiger charge is 2.53. The predicted octanol–water partition coefficient (Wildman–Crippen LogP) is 2.69. The molecule has 0 bridgehead atoms. The largest absolute Gasteiger partial charge is 0.340 e. The molecule has 0 fully saturated rings. The van der Waals surface area contributed by atoms with Gasteiger partial charge >= 0.3 is 12.3 Å². The molecule has 1 radical (unpaired) electrons. The number of halogens is 7. The fourth-order valence-corrected chi connectivity index (χ4v) is 0.397. The Morgan fingerprint density at radius 2 is 1.42 bits per heavy atom. The van der Waals surface area contributed by atoms with Crippen molar-refractivity contribution in [3.63, 3.8) is 0 Å². The lowest BCUT2D eigenvalue weighted by Gasteiger charge is -2.20. The van der Waals surface area contributed by atoms with Crippen LogP contribution in [0.25, 0.3) is 0 Å². The van der Waals surface area contributed by atoms with Gasteiger partial charge in [-0.2, -0.15) is 8.78 Å². The molecule has 0 aliphatic carbocycles. The molecule has 0 aliphatic rings. The average Bonchev–Trinajstić information content (AvgIpc) is 2.01. The highest BCUT2D eigenvalue weighted by molar-refractivity contribution is 4.88. The Morgan fingerprint density at radius 1 is 1.00 bits per heavy atom. The van der Waals surface area contributed by atoms with E-state index in [1.807, 2.05) is 0 Å². The maximum Gasteiger partial charge on any atom is 0.340 e. The Hall–Kier alpha value is -0.490. The molecule has 0 amide bonds.